The summed E-state index contributed by atoms with van der Waals surface area (Å²) in [6.07, 6.45) is 3.37. The molecule has 6 nitrogen and oxygen atoms in total. The SMILES string of the molecule is CN1CCC[C@@H](c2nnc3n2CCN(C(=O)Cc2ccc(F)cc2)CC3)C1. The normalized spacial score (nSPS) is 21.0. The second-order valence-corrected chi connectivity index (χ2v) is 7.66. The van der Waals surface area contributed by atoms with Gasteiger partial charge in [0.15, 0.2) is 0 Å². The molecule has 1 aromatic carbocycles. The van der Waals surface area contributed by atoms with Gasteiger partial charge in [0.1, 0.15) is 17.5 Å². The van der Waals surface area contributed by atoms with Gasteiger partial charge in [-0.3, -0.25) is 4.79 Å². The summed E-state index contributed by atoms with van der Waals surface area (Å²) in [6.45, 7) is 4.23. The lowest BCUT2D eigenvalue weighted by atomic mass is 9.97. The zero-order valence-corrected chi connectivity index (χ0v) is 15.8. The highest BCUT2D eigenvalue weighted by molar-refractivity contribution is 5.78. The maximum Gasteiger partial charge on any atom is 0.227 e. The molecular weight excluding hydrogens is 345 g/mol. The van der Waals surface area contributed by atoms with Crippen LogP contribution in [0.4, 0.5) is 4.39 Å². The first kappa shape index (κ1) is 18.1. The van der Waals surface area contributed by atoms with Crippen molar-refractivity contribution in [2.45, 2.75) is 38.1 Å². The number of carbonyl (C=O) groups is 1. The Balaban J connectivity index is 1.42. The Hall–Kier alpha value is -2.28. The minimum absolute atomic E-state index is 0.0827. The van der Waals surface area contributed by atoms with Crippen LogP contribution in [0.15, 0.2) is 24.3 Å². The maximum atomic E-state index is 13.1. The molecule has 0 saturated carbocycles. The van der Waals surface area contributed by atoms with Crippen LogP contribution in [-0.2, 0) is 24.2 Å². The standard InChI is InChI=1S/C20H26FN5O/c1-24-9-2-3-16(14-24)20-23-22-18-8-10-25(11-12-26(18)20)19(27)13-15-4-6-17(21)7-5-15/h4-7,16H,2-3,8-14H2,1H3/t16-/m1/s1. The monoisotopic (exact) mass is 371 g/mol. The fourth-order valence-corrected chi connectivity index (χ4v) is 4.16. The molecule has 0 radical (unpaired) electrons. The Morgan fingerprint density at radius 3 is 2.74 bits per heavy atom. The van der Waals surface area contributed by atoms with E-state index < -0.39 is 0 Å². The Bertz CT molecular complexity index is 803. The molecule has 1 amide bonds. The molecule has 0 bridgehead atoms. The topological polar surface area (TPSA) is 54.3 Å². The van der Waals surface area contributed by atoms with Crippen molar-refractivity contribution in [3.8, 4) is 0 Å². The van der Waals surface area contributed by atoms with Crippen molar-refractivity contribution >= 4 is 5.91 Å². The number of halogens is 1. The fourth-order valence-electron chi connectivity index (χ4n) is 4.16. The number of aromatic nitrogens is 3. The van der Waals surface area contributed by atoms with Crippen LogP contribution in [0.25, 0.3) is 0 Å². The number of rotatable bonds is 3. The van der Waals surface area contributed by atoms with Gasteiger partial charge in [-0.05, 0) is 44.1 Å². The number of hydrogen-bond acceptors (Lipinski definition) is 4. The summed E-state index contributed by atoms with van der Waals surface area (Å²) in [5, 5.41) is 8.91. The van der Waals surface area contributed by atoms with E-state index in [2.05, 4.69) is 26.7 Å². The molecule has 0 aliphatic carbocycles. The summed E-state index contributed by atoms with van der Waals surface area (Å²) in [5.41, 5.74) is 0.844. The summed E-state index contributed by atoms with van der Waals surface area (Å²) in [4.78, 5) is 16.9. The van der Waals surface area contributed by atoms with Gasteiger partial charge in [0.05, 0.1) is 6.42 Å². The molecule has 144 valence electrons. The van der Waals surface area contributed by atoms with E-state index in [1.807, 2.05) is 4.90 Å². The average molecular weight is 371 g/mol. The number of piperidine rings is 1. The van der Waals surface area contributed by atoms with Crippen molar-refractivity contribution in [3.05, 3.63) is 47.3 Å². The van der Waals surface area contributed by atoms with Crippen LogP contribution in [0.3, 0.4) is 0 Å². The highest BCUT2D eigenvalue weighted by atomic mass is 19.1. The van der Waals surface area contributed by atoms with E-state index in [1.165, 1.54) is 18.6 Å². The van der Waals surface area contributed by atoms with E-state index in [1.54, 1.807) is 12.1 Å². The van der Waals surface area contributed by atoms with E-state index in [0.717, 1.165) is 49.7 Å². The fraction of sp³-hybridized carbons (Fsp3) is 0.550. The van der Waals surface area contributed by atoms with Gasteiger partial charge in [0.2, 0.25) is 5.91 Å². The summed E-state index contributed by atoms with van der Waals surface area (Å²) in [5.74, 6) is 2.28. The Morgan fingerprint density at radius 2 is 1.96 bits per heavy atom. The number of fused-ring (bicyclic) bond motifs is 1. The van der Waals surface area contributed by atoms with Crippen molar-refractivity contribution in [2.75, 3.05) is 33.2 Å². The molecule has 0 N–H and O–H groups in total. The molecule has 1 aromatic heterocycles. The molecule has 7 heteroatoms. The summed E-state index contributed by atoms with van der Waals surface area (Å²) in [7, 11) is 2.15. The lowest BCUT2D eigenvalue weighted by molar-refractivity contribution is -0.130. The van der Waals surface area contributed by atoms with E-state index in [9.17, 15) is 9.18 Å². The van der Waals surface area contributed by atoms with Gasteiger partial charge in [-0.2, -0.15) is 0 Å². The van der Waals surface area contributed by atoms with Gasteiger partial charge in [-0.1, -0.05) is 12.1 Å². The van der Waals surface area contributed by atoms with Gasteiger partial charge in [-0.15, -0.1) is 10.2 Å². The average Bonchev–Trinajstić information content (AvgIpc) is 2.95. The second kappa shape index (κ2) is 7.76. The minimum atomic E-state index is -0.278. The first-order valence-electron chi connectivity index (χ1n) is 9.73. The van der Waals surface area contributed by atoms with E-state index >= 15 is 0 Å². The molecule has 1 fully saturated rings. The molecule has 4 rings (SSSR count). The van der Waals surface area contributed by atoms with Gasteiger partial charge >= 0.3 is 0 Å². The Morgan fingerprint density at radius 1 is 1.15 bits per heavy atom. The third-order valence-electron chi connectivity index (χ3n) is 5.67. The number of likely N-dealkylation sites (N-methyl/N-ethyl adjacent to an activating group) is 1. The van der Waals surface area contributed by atoms with Crippen LogP contribution >= 0.6 is 0 Å². The Kier molecular flexibility index (Phi) is 5.20. The number of carbonyl (C=O) groups excluding carboxylic acids is 1. The van der Waals surface area contributed by atoms with Crippen molar-refractivity contribution in [1.82, 2.24) is 24.6 Å². The molecule has 2 aliphatic rings. The molecule has 0 spiro atoms. The van der Waals surface area contributed by atoms with E-state index in [-0.39, 0.29) is 11.7 Å². The van der Waals surface area contributed by atoms with Crippen LogP contribution in [0.2, 0.25) is 0 Å². The van der Waals surface area contributed by atoms with Crippen LogP contribution in [0, 0.1) is 5.82 Å². The number of amides is 1. The second-order valence-electron chi connectivity index (χ2n) is 7.66. The molecule has 3 heterocycles. The first-order valence-corrected chi connectivity index (χ1v) is 9.73. The number of hydrogen-bond donors (Lipinski definition) is 0. The summed E-state index contributed by atoms with van der Waals surface area (Å²) < 4.78 is 15.3. The molecule has 1 atom stereocenters. The van der Waals surface area contributed by atoms with Crippen LogP contribution in [0.5, 0.6) is 0 Å². The third-order valence-corrected chi connectivity index (χ3v) is 5.67. The molecular formula is C20H26FN5O. The minimum Gasteiger partial charge on any atom is -0.340 e. The van der Waals surface area contributed by atoms with Crippen LogP contribution in [0.1, 0.15) is 36.0 Å². The predicted molar refractivity (Wildman–Crippen MR) is 99.9 cm³/mol. The quantitative estimate of drug-likeness (QED) is 0.826. The smallest absolute Gasteiger partial charge is 0.227 e. The first-order chi connectivity index (χ1) is 13.1. The van der Waals surface area contributed by atoms with Crippen molar-refractivity contribution in [3.63, 3.8) is 0 Å². The molecule has 2 aromatic rings. The van der Waals surface area contributed by atoms with Gasteiger partial charge in [0.25, 0.3) is 0 Å². The van der Waals surface area contributed by atoms with Crippen LogP contribution < -0.4 is 0 Å². The summed E-state index contributed by atoms with van der Waals surface area (Å²) >= 11 is 0. The predicted octanol–water partition coefficient (Wildman–Crippen LogP) is 1.85. The Labute approximate surface area is 159 Å². The maximum absolute atomic E-state index is 13.1. The molecule has 27 heavy (non-hydrogen) atoms. The van der Waals surface area contributed by atoms with Crippen molar-refractivity contribution < 1.29 is 9.18 Å². The molecule has 1 saturated heterocycles. The van der Waals surface area contributed by atoms with E-state index in [0.29, 0.717) is 25.4 Å². The third kappa shape index (κ3) is 4.03. The van der Waals surface area contributed by atoms with Gasteiger partial charge < -0.3 is 14.4 Å². The molecule has 0 unspecified atom stereocenters. The van der Waals surface area contributed by atoms with Gasteiger partial charge in [0, 0.05) is 38.5 Å². The van der Waals surface area contributed by atoms with Crippen molar-refractivity contribution in [1.29, 1.82) is 0 Å². The van der Waals surface area contributed by atoms with Crippen molar-refractivity contribution in [2.24, 2.45) is 0 Å². The number of nitrogens with zero attached hydrogens (tertiary/aromatic N) is 5. The highest BCUT2D eigenvalue weighted by Gasteiger charge is 2.27. The molecule has 2 aliphatic heterocycles. The van der Waals surface area contributed by atoms with Crippen LogP contribution in [-0.4, -0.2) is 63.7 Å². The summed E-state index contributed by atoms with van der Waals surface area (Å²) in [6, 6.07) is 6.16. The van der Waals surface area contributed by atoms with Gasteiger partial charge in [-0.25, -0.2) is 4.39 Å². The number of likely N-dealkylation sites (tertiary alicyclic amines) is 1. The highest BCUT2D eigenvalue weighted by Crippen LogP contribution is 2.26. The zero-order valence-electron chi connectivity index (χ0n) is 15.8. The van der Waals surface area contributed by atoms with E-state index in [4.69, 9.17) is 0 Å². The lowest BCUT2D eigenvalue weighted by Gasteiger charge is -2.29. The number of benzene rings is 1. The lowest BCUT2D eigenvalue weighted by Crippen LogP contribution is -2.35. The zero-order chi connectivity index (χ0) is 18.8. The largest absolute Gasteiger partial charge is 0.340 e.